The van der Waals surface area contributed by atoms with Crippen LogP contribution in [0.5, 0.6) is 11.5 Å². The molecule has 0 heterocycles. The van der Waals surface area contributed by atoms with Crippen molar-refractivity contribution in [3.63, 3.8) is 0 Å². The van der Waals surface area contributed by atoms with Crippen molar-refractivity contribution >= 4 is 35.8 Å². The molecule has 7 nitrogen and oxygen atoms in total. The molecule has 0 saturated carbocycles. The van der Waals surface area contributed by atoms with Gasteiger partial charge in [0.25, 0.3) is 0 Å². The minimum absolute atomic E-state index is 0. The fourth-order valence-corrected chi connectivity index (χ4v) is 3.04. The smallest absolute Gasteiger partial charge is 0.242 e. The van der Waals surface area contributed by atoms with Gasteiger partial charge in [-0.05, 0) is 58.2 Å². The maximum atomic E-state index is 12.4. The number of nitrogens with one attached hydrogen (secondary N) is 1. The molecule has 0 unspecified atom stereocenters. The summed E-state index contributed by atoms with van der Waals surface area (Å²) in [4.78, 5) is 20.8. The summed E-state index contributed by atoms with van der Waals surface area (Å²) in [6, 6.07) is 6.04. The van der Waals surface area contributed by atoms with Crippen LogP contribution in [0.4, 0.5) is 0 Å². The van der Waals surface area contributed by atoms with Crippen LogP contribution in [0.15, 0.2) is 23.2 Å². The van der Waals surface area contributed by atoms with Crippen molar-refractivity contribution in [2.45, 2.75) is 40.5 Å². The molecule has 0 aliphatic carbocycles. The number of rotatable bonds is 12. The highest BCUT2D eigenvalue weighted by atomic mass is 127. The summed E-state index contributed by atoms with van der Waals surface area (Å²) in [6.45, 7) is 11.8. The molecular formula is C22H39IN4O3. The van der Waals surface area contributed by atoms with Crippen molar-refractivity contribution in [1.82, 2.24) is 15.1 Å². The van der Waals surface area contributed by atoms with Crippen molar-refractivity contribution < 1.29 is 14.3 Å². The molecule has 1 aromatic carbocycles. The van der Waals surface area contributed by atoms with Crippen molar-refractivity contribution in [3.8, 4) is 11.5 Å². The maximum absolute atomic E-state index is 12.4. The standard InChI is InChI=1S/C22H38N4O3.HI/c1-7-23-22(25(5)17-21(27)26(8-2)9-3)24-15-11-12-18-13-14-19(28-6)20(16-18)29-10-4;/h13-14,16H,7-12,15,17H2,1-6H3,(H,23,24);1H. The highest BCUT2D eigenvalue weighted by Crippen LogP contribution is 2.28. The first-order valence-electron chi connectivity index (χ1n) is 10.6. The van der Waals surface area contributed by atoms with Crippen molar-refractivity contribution in [2.75, 3.05) is 53.5 Å². The summed E-state index contributed by atoms with van der Waals surface area (Å²) in [7, 11) is 3.55. The molecule has 0 aromatic heterocycles. The first kappa shape index (κ1) is 28.3. The number of methoxy groups -OCH3 is 1. The number of aliphatic imine (C=N–C) groups is 1. The van der Waals surface area contributed by atoms with E-state index in [0.29, 0.717) is 19.7 Å². The highest BCUT2D eigenvalue weighted by Gasteiger charge is 2.14. The summed E-state index contributed by atoms with van der Waals surface area (Å²) in [5, 5.41) is 3.27. The molecule has 1 rings (SSSR count). The van der Waals surface area contributed by atoms with Crippen LogP contribution >= 0.6 is 24.0 Å². The zero-order chi connectivity index (χ0) is 21.6. The van der Waals surface area contributed by atoms with Gasteiger partial charge >= 0.3 is 0 Å². The van der Waals surface area contributed by atoms with Crippen LogP contribution < -0.4 is 14.8 Å². The molecule has 0 radical (unpaired) electrons. The fourth-order valence-electron chi connectivity index (χ4n) is 3.04. The van der Waals surface area contributed by atoms with Gasteiger partial charge < -0.3 is 24.6 Å². The normalized spacial score (nSPS) is 10.8. The number of aryl methyl sites for hydroxylation is 1. The minimum atomic E-state index is 0. The Hall–Kier alpha value is -1.71. The van der Waals surface area contributed by atoms with Crippen molar-refractivity contribution in [1.29, 1.82) is 0 Å². The molecular weight excluding hydrogens is 495 g/mol. The van der Waals surface area contributed by atoms with Gasteiger partial charge in [-0.3, -0.25) is 9.79 Å². The Bertz CT molecular complexity index is 651. The summed E-state index contributed by atoms with van der Waals surface area (Å²) in [5.74, 6) is 2.41. The third kappa shape index (κ3) is 9.40. The molecule has 0 fully saturated rings. The quantitative estimate of drug-likeness (QED) is 0.193. The number of amides is 1. The van der Waals surface area contributed by atoms with E-state index in [1.54, 1.807) is 7.11 Å². The van der Waals surface area contributed by atoms with E-state index in [1.165, 1.54) is 5.56 Å². The first-order valence-corrected chi connectivity index (χ1v) is 10.6. The van der Waals surface area contributed by atoms with E-state index in [-0.39, 0.29) is 29.9 Å². The van der Waals surface area contributed by atoms with Crippen LogP contribution in [0, 0.1) is 0 Å². The second-order valence-electron chi connectivity index (χ2n) is 6.68. The maximum Gasteiger partial charge on any atom is 0.242 e. The topological polar surface area (TPSA) is 66.4 Å². The number of carbonyl (C=O) groups is 1. The molecule has 1 N–H and O–H groups in total. The molecule has 30 heavy (non-hydrogen) atoms. The number of nitrogens with zero attached hydrogens (tertiary/aromatic N) is 3. The third-order valence-corrected chi connectivity index (χ3v) is 4.60. The van der Waals surface area contributed by atoms with Crippen LogP contribution in [0.3, 0.4) is 0 Å². The Kier molecular flexibility index (Phi) is 15.1. The van der Waals surface area contributed by atoms with E-state index >= 15 is 0 Å². The Morgan fingerprint density at radius 2 is 1.83 bits per heavy atom. The molecule has 0 aliphatic heterocycles. The van der Waals surface area contributed by atoms with Gasteiger partial charge in [-0.1, -0.05) is 6.07 Å². The van der Waals surface area contributed by atoms with Gasteiger partial charge in [-0.2, -0.15) is 0 Å². The van der Waals surface area contributed by atoms with Gasteiger partial charge in [0.2, 0.25) is 5.91 Å². The number of carbonyl (C=O) groups excluding carboxylic acids is 1. The monoisotopic (exact) mass is 534 g/mol. The van der Waals surface area contributed by atoms with Crippen LogP contribution in [0.25, 0.3) is 0 Å². The van der Waals surface area contributed by atoms with E-state index in [4.69, 9.17) is 9.47 Å². The number of hydrogen-bond donors (Lipinski definition) is 1. The third-order valence-electron chi connectivity index (χ3n) is 4.60. The van der Waals surface area contributed by atoms with Crippen LogP contribution in [0.2, 0.25) is 0 Å². The predicted molar refractivity (Wildman–Crippen MR) is 134 cm³/mol. The van der Waals surface area contributed by atoms with Gasteiger partial charge in [-0.25, -0.2) is 0 Å². The molecule has 1 aromatic rings. The van der Waals surface area contributed by atoms with Crippen molar-refractivity contribution in [3.05, 3.63) is 23.8 Å². The zero-order valence-electron chi connectivity index (χ0n) is 19.4. The summed E-state index contributed by atoms with van der Waals surface area (Å²) >= 11 is 0. The van der Waals surface area contributed by atoms with E-state index in [0.717, 1.165) is 49.9 Å². The van der Waals surface area contributed by atoms with Crippen molar-refractivity contribution in [2.24, 2.45) is 4.99 Å². The van der Waals surface area contributed by atoms with E-state index in [2.05, 4.69) is 16.4 Å². The van der Waals surface area contributed by atoms with Gasteiger partial charge in [0, 0.05) is 33.2 Å². The molecule has 0 aliphatic rings. The number of benzene rings is 1. The Morgan fingerprint density at radius 1 is 1.13 bits per heavy atom. The lowest BCUT2D eigenvalue weighted by molar-refractivity contribution is -0.131. The van der Waals surface area contributed by atoms with E-state index in [9.17, 15) is 4.79 Å². The summed E-state index contributed by atoms with van der Waals surface area (Å²) < 4.78 is 11.0. The second-order valence-corrected chi connectivity index (χ2v) is 6.68. The fraction of sp³-hybridized carbons (Fsp3) is 0.636. The van der Waals surface area contributed by atoms with Gasteiger partial charge in [0.15, 0.2) is 17.5 Å². The lowest BCUT2D eigenvalue weighted by Crippen LogP contribution is -2.45. The Balaban J connectivity index is 0.00000841. The lowest BCUT2D eigenvalue weighted by atomic mass is 10.1. The largest absolute Gasteiger partial charge is 0.493 e. The van der Waals surface area contributed by atoms with Gasteiger partial charge in [0.05, 0.1) is 20.3 Å². The highest BCUT2D eigenvalue weighted by molar-refractivity contribution is 14.0. The second kappa shape index (κ2) is 16.0. The summed E-state index contributed by atoms with van der Waals surface area (Å²) in [5.41, 5.74) is 1.19. The number of guanidine groups is 1. The Labute approximate surface area is 199 Å². The Morgan fingerprint density at radius 3 is 2.40 bits per heavy atom. The van der Waals surface area contributed by atoms with E-state index in [1.807, 2.05) is 56.7 Å². The molecule has 8 heteroatoms. The van der Waals surface area contributed by atoms with Gasteiger partial charge in [-0.15, -0.1) is 24.0 Å². The lowest BCUT2D eigenvalue weighted by Gasteiger charge is -2.25. The average molecular weight is 534 g/mol. The zero-order valence-corrected chi connectivity index (χ0v) is 21.7. The SMILES string of the molecule is CCNC(=NCCCc1ccc(OC)c(OCC)c1)N(C)CC(=O)N(CC)CC.I. The molecule has 0 saturated heterocycles. The predicted octanol–water partition coefficient (Wildman–Crippen LogP) is 3.41. The summed E-state index contributed by atoms with van der Waals surface area (Å²) in [6.07, 6.45) is 1.81. The molecule has 1 amide bonds. The van der Waals surface area contributed by atoms with Crippen LogP contribution in [0.1, 0.15) is 39.7 Å². The van der Waals surface area contributed by atoms with Crippen LogP contribution in [-0.4, -0.2) is 75.2 Å². The first-order chi connectivity index (χ1) is 14.0. The van der Waals surface area contributed by atoms with Gasteiger partial charge in [0.1, 0.15) is 0 Å². The molecule has 0 atom stereocenters. The number of ether oxygens (including phenoxy) is 2. The number of hydrogen-bond acceptors (Lipinski definition) is 4. The number of likely N-dealkylation sites (N-methyl/N-ethyl adjacent to an activating group) is 2. The average Bonchev–Trinajstić information content (AvgIpc) is 2.71. The molecule has 0 spiro atoms. The number of halogens is 1. The molecule has 172 valence electrons. The van der Waals surface area contributed by atoms with Crippen LogP contribution in [-0.2, 0) is 11.2 Å². The molecule has 0 bridgehead atoms. The van der Waals surface area contributed by atoms with E-state index < -0.39 is 0 Å². The minimum Gasteiger partial charge on any atom is -0.493 e.